The van der Waals surface area contributed by atoms with Crippen LogP contribution in [-0.2, 0) is 4.74 Å². The van der Waals surface area contributed by atoms with E-state index in [0.717, 1.165) is 37.7 Å². The summed E-state index contributed by atoms with van der Waals surface area (Å²) in [7, 11) is 0. The van der Waals surface area contributed by atoms with Crippen molar-refractivity contribution >= 4 is 0 Å². The Balaban J connectivity index is 3.89. The number of allylic oxidation sites excluding steroid dienone is 1. The van der Waals surface area contributed by atoms with Crippen molar-refractivity contribution in [2.75, 3.05) is 13.2 Å². The molecule has 0 aromatic carbocycles. The number of hydrogen-bond acceptors (Lipinski definition) is 2. The maximum Gasteiger partial charge on any atom is 0.0905 e. The van der Waals surface area contributed by atoms with Gasteiger partial charge in [-0.3, -0.25) is 0 Å². The molecule has 0 fully saturated rings. The van der Waals surface area contributed by atoms with E-state index in [4.69, 9.17) is 10.5 Å². The molecule has 2 nitrogen and oxygen atoms in total. The van der Waals surface area contributed by atoms with Crippen molar-refractivity contribution in [3.8, 4) is 0 Å². The minimum Gasteiger partial charge on any atom is -0.498 e. The lowest BCUT2D eigenvalue weighted by Crippen LogP contribution is -2.10. The van der Waals surface area contributed by atoms with E-state index in [1.807, 2.05) is 0 Å². The van der Waals surface area contributed by atoms with Gasteiger partial charge in [-0.05, 0) is 38.1 Å². The normalized spacial score (nSPS) is 12.3. The Morgan fingerprint density at radius 2 is 1.19 bits per heavy atom. The van der Waals surface area contributed by atoms with Gasteiger partial charge in [0, 0.05) is 6.42 Å². The Hall–Kier alpha value is -0.500. The van der Waals surface area contributed by atoms with Crippen LogP contribution in [0.25, 0.3) is 0 Å². The molecule has 1 atom stereocenters. The first-order valence-electron chi connectivity index (χ1n) is 12.2. The fraction of sp³-hybridized carbons (Fsp3) is 0.920. The summed E-state index contributed by atoms with van der Waals surface area (Å²) in [6.45, 7) is 10.5. The maximum absolute atomic E-state index is 6.07. The van der Waals surface area contributed by atoms with Crippen LogP contribution in [0.4, 0.5) is 0 Å². The minimum atomic E-state index is 0.731. The van der Waals surface area contributed by atoms with Crippen LogP contribution in [0.2, 0.25) is 0 Å². The summed E-state index contributed by atoms with van der Waals surface area (Å²) >= 11 is 0. The molecule has 27 heavy (non-hydrogen) atoms. The first kappa shape index (κ1) is 26.5. The molecule has 162 valence electrons. The van der Waals surface area contributed by atoms with Crippen molar-refractivity contribution in [3.63, 3.8) is 0 Å². The van der Waals surface area contributed by atoms with Gasteiger partial charge >= 0.3 is 0 Å². The molecule has 2 heteroatoms. The highest BCUT2D eigenvalue weighted by atomic mass is 16.5. The molecule has 2 N–H and O–H groups in total. The molecule has 0 aliphatic heterocycles. The summed E-state index contributed by atoms with van der Waals surface area (Å²) in [6, 6.07) is 0. The zero-order valence-electron chi connectivity index (χ0n) is 18.9. The Labute approximate surface area is 171 Å². The van der Waals surface area contributed by atoms with Crippen LogP contribution in [0.15, 0.2) is 12.3 Å². The van der Waals surface area contributed by atoms with Gasteiger partial charge in [0.05, 0.1) is 12.4 Å². The zero-order chi connectivity index (χ0) is 20.0. The summed E-state index contributed by atoms with van der Waals surface area (Å²) in [4.78, 5) is 0. The maximum atomic E-state index is 6.07. The zero-order valence-corrected chi connectivity index (χ0v) is 18.9. The first-order valence-corrected chi connectivity index (χ1v) is 12.2. The van der Waals surface area contributed by atoms with Crippen molar-refractivity contribution < 1.29 is 4.74 Å². The van der Waals surface area contributed by atoms with Crippen molar-refractivity contribution in [2.45, 2.75) is 129 Å². The van der Waals surface area contributed by atoms with Gasteiger partial charge in [0.15, 0.2) is 0 Å². The fourth-order valence-corrected chi connectivity index (χ4v) is 3.69. The first-order chi connectivity index (χ1) is 13.2. The summed E-state index contributed by atoms with van der Waals surface area (Å²) < 4.78 is 6.07. The molecule has 0 bridgehead atoms. The summed E-state index contributed by atoms with van der Waals surface area (Å²) in [5.74, 6) is 1.74. The van der Waals surface area contributed by atoms with E-state index in [1.54, 1.807) is 0 Å². The summed E-state index contributed by atoms with van der Waals surface area (Å²) in [5.41, 5.74) is 5.54. The quantitative estimate of drug-likeness (QED) is 0.152. The molecule has 0 saturated heterocycles. The van der Waals surface area contributed by atoms with Crippen LogP contribution in [0, 0.1) is 5.92 Å². The molecule has 0 saturated carbocycles. The van der Waals surface area contributed by atoms with Crippen molar-refractivity contribution in [3.05, 3.63) is 12.3 Å². The molecule has 0 aromatic rings. The van der Waals surface area contributed by atoms with Gasteiger partial charge < -0.3 is 10.5 Å². The van der Waals surface area contributed by atoms with Crippen LogP contribution >= 0.6 is 0 Å². The average Bonchev–Trinajstić information content (AvgIpc) is 2.67. The number of unbranched alkanes of at least 4 members (excludes halogenated alkanes) is 12. The van der Waals surface area contributed by atoms with E-state index in [1.165, 1.54) is 103 Å². The second kappa shape index (κ2) is 21.8. The Kier molecular flexibility index (Phi) is 21.4. The highest BCUT2D eigenvalue weighted by Crippen LogP contribution is 2.21. The third-order valence-electron chi connectivity index (χ3n) is 5.61. The molecule has 0 aromatic heterocycles. The molecule has 0 aliphatic rings. The molecular weight excluding hydrogens is 330 g/mol. The standard InChI is InChI=1S/C25H51NO/c1-4-6-8-10-13-17-21-25(20-16-9-7-5-2)23-27-24(3)19-15-12-11-14-18-22-26/h25H,3-23,26H2,1-2H3. The molecule has 0 heterocycles. The van der Waals surface area contributed by atoms with E-state index >= 15 is 0 Å². The molecule has 0 radical (unpaired) electrons. The second-order valence-electron chi connectivity index (χ2n) is 8.43. The molecule has 0 spiro atoms. The number of rotatable bonds is 22. The fourth-order valence-electron chi connectivity index (χ4n) is 3.69. The van der Waals surface area contributed by atoms with Crippen LogP contribution in [-0.4, -0.2) is 13.2 Å². The van der Waals surface area contributed by atoms with Gasteiger partial charge in [0.25, 0.3) is 0 Å². The largest absolute Gasteiger partial charge is 0.498 e. The highest BCUT2D eigenvalue weighted by Gasteiger charge is 2.10. The predicted octanol–water partition coefficient (Wildman–Crippen LogP) is 8.15. The summed E-state index contributed by atoms with van der Waals surface area (Å²) in [6.07, 6.45) is 23.7. The van der Waals surface area contributed by atoms with Crippen LogP contribution in [0.1, 0.15) is 129 Å². The minimum absolute atomic E-state index is 0.731. The van der Waals surface area contributed by atoms with Gasteiger partial charge in [0.2, 0.25) is 0 Å². The van der Waals surface area contributed by atoms with Gasteiger partial charge in [0.1, 0.15) is 0 Å². The SMILES string of the molecule is C=C(CCCCCCCN)OCC(CCCCCC)CCCCCCCC. The van der Waals surface area contributed by atoms with Crippen molar-refractivity contribution in [1.82, 2.24) is 0 Å². The lowest BCUT2D eigenvalue weighted by molar-refractivity contribution is 0.144. The van der Waals surface area contributed by atoms with E-state index in [2.05, 4.69) is 20.4 Å². The van der Waals surface area contributed by atoms with Gasteiger partial charge in [-0.15, -0.1) is 0 Å². The molecule has 0 rings (SSSR count). The highest BCUT2D eigenvalue weighted by molar-refractivity contribution is 4.82. The van der Waals surface area contributed by atoms with Gasteiger partial charge in [-0.25, -0.2) is 0 Å². The third kappa shape index (κ3) is 20.1. The summed E-state index contributed by atoms with van der Waals surface area (Å²) in [5, 5.41) is 0. The van der Waals surface area contributed by atoms with E-state index in [-0.39, 0.29) is 0 Å². The average molecular weight is 382 g/mol. The smallest absolute Gasteiger partial charge is 0.0905 e. The van der Waals surface area contributed by atoms with Crippen LogP contribution in [0.5, 0.6) is 0 Å². The Morgan fingerprint density at radius 3 is 1.78 bits per heavy atom. The number of nitrogens with two attached hydrogens (primary N) is 1. The Morgan fingerprint density at radius 1 is 0.704 bits per heavy atom. The number of ether oxygens (including phenoxy) is 1. The third-order valence-corrected chi connectivity index (χ3v) is 5.61. The van der Waals surface area contributed by atoms with Gasteiger partial charge in [-0.1, -0.05) is 104 Å². The van der Waals surface area contributed by atoms with E-state index < -0.39 is 0 Å². The second-order valence-corrected chi connectivity index (χ2v) is 8.43. The Bertz CT molecular complexity index is 303. The molecule has 1 unspecified atom stereocenters. The predicted molar refractivity (Wildman–Crippen MR) is 122 cm³/mol. The monoisotopic (exact) mass is 381 g/mol. The number of hydrogen-bond donors (Lipinski definition) is 1. The van der Waals surface area contributed by atoms with Gasteiger partial charge in [-0.2, -0.15) is 0 Å². The van der Waals surface area contributed by atoms with Crippen LogP contribution < -0.4 is 5.73 Å². The molecular formula is C25H51NO. The van der Waals surface area contributed by atoms with Crippen LogP contribution in [0.3, 0.4) is 0 Å². The molecule has 0 amide bonds. The topological polar surface area (TPSA) is 35.2 Å². The van der Waals surface area contributed by atoms with Crippen molar-refractivity contribution in [1.29, 1.82) is 0 Å². The lowest BCUT2D eigenvalue weighted by atomic mass is 9.95. The lowest BCUT2D eigenvalue weighted by Gasteiger charge is -2.19. The molecule has 0 aliphatic carbocycles. The van der Waals surface area contributed by atoms with E-state index in [0.29, 0.717) is 0 Å². The van der Waals surface area contributed by atoms with E-state index in [9.17, 15) is 0 Å². The van der Waals surface area contributed by atoms with Crippen molar-refractivity contribution in [2.24, 2.45) is 11.7 Å².